The maximum atomic E-state index is 13.0. The molecule has 0 aliphatic heterocycles. The van der Waals surface area contributed by atoms with Crippen LogP contribution in [0.4, 0.5) is 0 Å². The lowest BCUT2D eigenvalue weighted by molar-refractivity contribution is 0.589. The molecule has 3 aromatic rings. The molecule has 0 saturated heterocycles. The average molecular weight is 348 g/mol. The van der Waals surface area contributed by atoms with Crippen molar-refractivity contribution in [2.75, 3.05) is 0 Å². The fourth-order valence-corrected chi connectivity index (χ4v) is 4.70. The Bertz CT molecular complexity index is 986. The molecule has 3 rings (SSSR count). The molecule has 0 amide bonds. The van der Waals surface area contributed by atoms with E-state index >= 15 is 0 Å². The molecule has 5 heteroatoms. The monoisotopic (exact) mass is 347 g/mol. The van der Waals surface area contributed by atoms with E-state index < -0.39 is 10.0 Å². The summed E-state index contributed by atoms with van der Waals surface area (Å²) in [5.74, 6) is 0.358. The first kappa shape index (κ1) is 16.1. The highest BCUT2D eigenvalue weighted by molar-refractivity contribution is 7.90. The van der Waals surface area contributed by atoms with Crippen molar-refractivity contribution < 1.29 is 8.42 Å². The number of nitrogens with zero attached hydrogens (tertiary/aromatic N) is 1. The van der Waals surface area contributed by atoms with Gasteiger partial charge in [-0.25, -0.2) is 12.4 Å². The minimum absolute atomic E-state index is 0.285. The molecule has 0 N–H and O–H groups in total. The summed E-state index contributed by atoms with van der Waals surface area (Å²) in [4.78, 5) is 0.285. The second-order valence-corrected chi connectivity index (χ2v) is 7.90. The van der Waals surface area contributed by atoms with Crippen molar-refractivity contribution in [1.82, 2.24) is 3.97 Å². The fraction of sp³-hybridized carbons (Fsp3) is 0.222. The topological polar surface area (TPSA) is 39.1 Å². The number of fused-ring (bicyclic) bond motifs is 1. The molecule has 3 nitrogen and oxygen atoms in total. The first-order valence-electron chi connectivity index (χ1n) is 7.34. The summed E-state index contributed by atoms with van der Waals surface area (Å²) in [5, 5.41) is 0.896. The smallest absolute Gasteiger partial charge is 0.241 e. The van der Waals surface area contributed by atoms with E-state index in [0.29, 0.717) is 11.4 Å². The van der Waals surface area contributed by atoms with Crippen LogP contribution in [0.3, 0.4) is 0 Å². The molecule has 0 fully saturated rings. The highest BCUT2D eigenvalue weighted by Gasteiger charge is 2.21. The lowest BCUT2D eigenvalue weighted by atomic mass is 10.0. The Hall–Kier alpha value is -1.78. The van der Waals surface area contributed by atoms with Crippen LogP contribution in [0, 0.1) is 20.8 Å². The zero-order valence-corrected chi connectivity index (χ0v) is 14.9. The number of rotatable bonds is 3. The van der Waals surface area contributed by atoms with Gasteiger partial charge in [0.2, 0.25) is 0 Å². The van der Waals surface area contributed by atoms with Crippen molar-refractivity contribution in [3.63, 3.8) is 0 Å². The van der Waals surface area contributed by atoms with Crippen LogP contribution in [0.15, 0.2) is 47.5 Å². The van der Waals surface area contributed by atoms with E-state index in [0.717, 1.165) is 27.6 Å². The average Bonchev–Trinajstić information content (AvgIpc) is 2.94. The van der Waals surface area contributed by atoms with Gasteiger partial charge in [-0.1, -0.05) is 23.8 Å². The third-order valence-electron chi connectivity index (χ3n) is 4.17. The number of alkyl halides is 1. The summed E-state index contributed by atoms with van der Waals surface area (Å²) in [6.45, 7) is 5.85. The van der Waals surface area contributed by atoms with Gasteiger partial charge in [0.05, 0.1) is 10.4 Å². The maximum absolute atomic E-state index is 13.0. The lowest BCUT2D eigenvalue weighted by Gasteiger charge is -2.12. The van der Waals surface area contributed by atoms with Crippen molar-refractivity contribution in [2.45, 2.75) is 31.5 Å². The van der Waals surface area contributed by atoms with E-state index in [1.807, 2.05) is 32.9 Å². The fourth-order valence-electron chi connectivity index (χ4n) is 2.94. The predicted molar refractivity (Wildman–Crippen MR) is 94.7 cm³/mol. The Morgan fingerprint density at radius 2 is 1.65 bits per heavy atom. The van der Waals surface area contributed by atoms with Crippen LogP contribution in [0.2, 0.25) is 0 Å². The maximum Gasteiger partial charge on any atom is 0.268 e. The zero-order chi connectivity index (χ0) is 16.8. The molecule has 0 bridgehead atoms. The van der Waals surface area contributed by atoms with Crippen LogP contribution in [0.1, 0.15) is 22.3 Å². The van der Waals surface area contributed by atoms with Gasteiger partial charge in [-0.05, 0) is 55.7 Å². The summed E-state index contributed by atoms with van der Waals surface area (Å²) in [6, 6.07) is 10.7. The van der Waals surface area contributed by atoms with Crippen LogP contribution < -0.4 is 0 Å². The standard InChI is InChI=1S/C18H18ClNO2S/c1-12-4-6-15(7-5-12)23(21,22)20-9-8-16-17(11-19)13(2)10-14(3)18(16)20/h4-10H,11H2,1-3H3. The van der Waals surface area contributed by atoms with E-state index in [2.05, 4.69) is 0 Å². The molecule has 120 valence electrons. The highest BCUT2D eigenvalue weighted by atomic mass is 35.5. The van der Waals surface area contributed by atoms with Crippen LogP contribution in [0.25, 0.3) is 10.9 Å². The first-order valence-corrected chi connectivity index (χ1v) is 9.32. The molecular weight excluding hydrogens is 330 g/mol. The number of hydrogen-bond donors (Lipinski definition) is 0. The molecule has 0 spiro atoms. The van der Waals surface area contributed by atoms with Crippen LogP contribution >= 0.6 is 11.6 Å². The molecule has 0 atom stereocenters. The minimum Gasteiger partial charge on any atom is -0.241 e. The molecule has 23 heavy (non-hydrogen) atoms. The summed E-state index contributed by atoms with van der Waals surface area (Å²) in [6.07, 6.45) is 1.61. The molecule has 0 aliphatic rings. The normalized spacial score (nSPS) is 12.0. The number of benzene rings is 2. The SMILES string of the molecule is Cc1ccc(S(=O)(=O)n2ccc3c(CCl)c(C)cc(C)c32)cc1. The largest absolute Gasteiger partial charge is 0.268 e. The lowest BCUT2D eigenvalue weighted by Crippen LogP contribution is -2.12. The van der Waals surface area contributed by atoms with Gasteiger partial charge in [0.25, 0.3) is 10.0 Å². The van der Waals surface area contributed by atoms with Crippen LogP contribution in [0.5, 0.6) is 0 Å². The van der Waals surface area contributed by atoms with Crippen molar-refractivity contribution >= 4 is 32.5 Å². The Kier molecular flexibility index (Phi) is 3.98. The van der Waals surface area contributed by atoms with Gasteiger partial charge in [-0.15, -0.1) is 11.6 Å². The Morgan fingerprint density at radius 1 is 1.00 bits per heavy atom. The van der Waals surface area contributed by atoms with Gasteiger partial charge in [0, 0.05) is 17.5 Å². The number of halogens is 1. The van der Waals surface area contributed by atoms with Crippen molar-refractivity contribution in [2.24, 2.45) is 0 Å². The third-order valence-corrected chi connectivity index (χ3v) is 6.13. The van der Waals surface area contributed by atoms with E-state index in [1.165, 1.54) is 3.97 Å². The second kappa shape index (κ2) is 5.69. The molecule has 2 aromatic carbocycles. The van der Waals surface area contributed by atoms with Gasteiger partial charge >= 0.3 is 0 Å². The molecule has 1 heterocycles. The quantitative estimate of drug-likeness (QED) is 0.652. The zero-order valence-electron chi connectivity index (χ0n) is 13.3. The summed E-state index contributed by atoms with van der Waals surface area (Å²) in [5.41, 5.74) is 4.71. The van der Waals surface area contributed by atoms with E-state index in [4.69, 9.17) is 11.6 Å². The van der Waals surface area contributed by atoms with Gasteiger partial charge in [-0.3, -0.25) is 0 Å². The number of hydrogen-bond acceptors (Lipinski definition) is 2. The van der Waals surface area contributed by atoms with E-state index in [-0.39, 0.29) is 4.90 Å². The van der Waals surface area contributed by atoms with Gasteiger partial charge < -0.3 is 0 Å². The van der Waals surface area contributed by atoms with E-state index in [9.17, 15) is 8.42 Å². The number of aryl methyl sites for hydroxylation is 3. The first-order chi connectivity index (χ1) is 10.9. The summed E-state index contributed by atoms with van der Waals surface area (Å²) >= 11 is 6.06. The highest BCUT2D eigenvalue weighted by Crippen LogP contribution is 2.30. The Balaban J connectivity index is 2.31. The van der Waals surface area contributed by atoms with Gasteiger partial charge in [0.15, 0.2) is 0 Å². The van der Waals surface area contributed by atoms with Crippen molar-refractivity contribution in [3.05, 3.63) is 64.8 Å². The van der Waals surface area contributed by atoms with Crippen molar-refractivity contribution in [3.8, 4) is 0 Å². The van der Waals surface area contributed by atoms with Crippen LogP contribution in [-0.2, 0) is 15.9 Å². The predicted octanol–water partition coefficient (Wildman–Crippen LogP) is 4.54. The summed E-state index contributed by atoms with van der Waals surface area (Å²) in [7, 11) is -3.63. The number of aromatic nitrogens is 1. The van der Waals surface area contributed by atoms with Gasteiger partial charge in [0.1, 0.15) is 0 Å². The summed E-state index contributed by atoms with van der Waals surface area (Å²) < 4.78 is 27.3. The van der Waals surface area contributed by atoms with Crippen molar-refractivity contribution in [1.29, 1.82) is 0 Å². The molecular formula is C18H18ClNO2S. The second-order valence-electron chi connectivity index (χ2n) is 5.81. The Labute approximate surface area is 141 Å². The molecule has 0 radical (unpaired) electrons. The molecule has 0 saturated carbocycles. The third kappa shape index (κ3) is 2.56. The molecule has 0 unspecified atom stereocenters. The molecule has 1 aromatic heterocycles. The van der Waals surface area contributed by atoms with Crippen LogP contribution in [-0.4, -0.2) is 12.4 Å². The van der Waals surface area contributed by atoms with Gasteiger partial charge in [-0.2, -0.15) is 0 Å². The Morgan fingerprint density at radius 3 is 2.26 bits per heavy atom. The molecule has 0 aliphatic carbocycles. The minimum atomic E-state index is -3.63. The van der Waals surface area contributed by atoms with E-state index in [1.54, 1.807) is 30.5 Å².